The van der Waals surface area contributed by atoms with Crippen LogP contribution in [0.5, 0.6) is 0 Å². The smallest absolute Gasteiger partial charge is 0.197 e. The number of rotatable bonds is 2. The van der Waals surface area contributed by atoms with E-state index in [0.29, 0.717) is 10.3 Å². The summed E-state index contributed by atoms with van der Waals surface area (Å²) >= 11 is 3.38. The van der Waals surface area contributed by atoms with Crippen LogP contribution in [0.25, 0.3) is 22.2 Å². The Kier molecular flexibility index (Phi) is 3.34. The number of benzene rings is 1. The molecule has 0 aliphatic heterocycles. The third-order valence-electron chi connectivity index (χ3n) is 4.22. The summed E-state index contributed by atoms with van der Waals surface area (Å²) in [5.41, 5.74) is 4.90. The van der Waals surface area contributed by atoms with Crippen LogP contribution in [0.4, 0.5) is 0 Å². The molecule has 1 aromatic carbocycles. The minimum Gasteiger partial charge on any atom is -0.306 e. The Morgan fingerprint density at radius 2 is 2.00 bits per heavy atom. The molecule has 0 fully saturated rings. The van der Waals surface area contributed by atoms with Gasteiger partial charge in [0, 0.05) is 11.6 Å². The summed E-state index contributed by atoms with van der Waals surface area (Å²) in [5, 5.41) is 1.17. The summed E-state index contributed by atoms with van der Waals surface area (Å²) in [4.78, 5) is 17.6. The van der Waals surface area contributed by atoms with Crippen molar-refractivity contribution in [1.82, 2.24) is 24.5 Å². The van der Waals surface area contributed by atoms with Gasteiger partial charge in [-0.1, -0.05) is 12.1 Å². The molecule has 114 valence electrons. The summed E-state index contributed by atoms with van der Waals surface area (Å²) in [6.07, 6.45) is 5.29. The molecular formula is C17H14BrN5. The number of hydrogen-bond donors (Lipinski definition) is 0. The molecule has 0 saturated heterocycles. The van der Waals surface area contributed by atoms with Crippen molar-refractivity contribution in [2.45, 2.75) is 19.9 Å². The number of fused-ring (bicyclic) bond motifs is 2. The predicted octanol–water partition coefficient (Wildman–Crippen LogP) is 4.05. The molecule has 0 radical (unpaired) electrons. The number of hydrogen-bond acceptors (Lipinski definition) is 4. The van der Waals surface area contributed by atoms with Crippen molar-refractivity contribution in [3.8, 4) is 0 Å². The molecule has 5 nitrogen and oxygen atoms in total. The SMILES string of the molecule is Cc1c(C(C)n2cnc3ncc(Br)nc32)ccc2ncccc12. The average molecular weight is 368 g/mol. The first-order valence-electron chi connectivity index (χ1n) is 7.34. The predicted molar refractivity (Wildman–Crippen MR) is 93.3 cm³/mol. The van der Waals surface area contributed by atoms with E-state index in [9.17, 15) is 0 Å². The Balaban J connectivity index is 1.89. The molecule has 4 rings (SSSR count). The standard InChI is InChI=1S/C17H14BrN5/c1-10-12(5-6-14-13(10)4-3-7-19-14)11(2)23-9-21-16-17(23)22-15(18)8-20-16/h3-9,11H,1-2H3. The van der Waals surface area contributed by atoms with Crippen LogP contribution in [-0.4, -0.2) is 24.5 Å². The molecule has 0 N–H and O–H groups in total. The van der Waals surface area contributed by atoms with Crippen LogP contribution >= 0.6 is 15.9 Å². The largest absolute Gasteiger partial charge is 0.306 e. The van der Waals surface area contributed by atoms with Gasteiger partial charge in [-0.3, -0.25) is 4.98 Å². The molecule has 0 aliphatic carbocycles. The minimum atomic E-state index is 0.105. The zero-order chi connectivity index (χ0) is 16.0. The fraction of sp³-hybridized carbons (Fsp3) is 0.176. The Morgan fingerprint density at radius 3 is 2.87 bits per heavy atom. The van der Waals surface area contributed by atoms with Crippen LogP contribution < -0.4 is 0 Å². The second kappa shape index (κ2) is 5.38. The fourth-order valence-corrected chi connectivity index (χ4v) is 3.26. The van der Waals surface area contributed by atoms with Gasteiger partial charge in [0.15, 0.2) is 11.3 Å². The van der Waals surface area contributed by atoms with E-state index in [-0.39, 0.29) is 6.04 Å². The Morgan fingerprint density at radius 1 is 1.13 bits per heavy atom. The molecule has 4 aromatic rings. The van der Waals surface area contributed by atoms with Gasteiger partial charge in [-0.15, -0.1) is 0 Å². The maximum absolute atomic E-state index is 4.52. The Bertz CT molecular complexity index is 1020. The summed E-state index contributed by atoms with van der Waals surface area (Å²) in [6.45, 7) is 4.28. The van der Waals surface area contributed by atoms with Crippen LogP contribution in [0.2, 0.25) is 0 Å². The van der Waals surface area contributed by atoms with E-state index in [2.05, 4.69) is 72.5 Å². The molecule has 0 spiro atoms. The van der Waals surface area contributed by atoms with Gasteiger partial charge in [-0.05, 0) is 53.0 Å². The van der Waals surface area contributed by atoms with E-state index >= 15 is 0 Å². The molecule has 0 amide bonds. The summed E-state index contributed by atoms with van der Waals surface area (Å²) in [6, 6.07) is 8.38. The van der Waals surface area contributed by atoms with Gasteiger partial charge in [0.05, 0.1) is 24.1 Å². The molecule has 6 heteroatoms. The molecule has 23 heavy (non-hydrogen) atoms. The number of aromatic nitrogens is 5. The second-order valence-corrected chi connectivity index (χ2v) is 6.33. The molecule has 3 aromatic heterocycles. The fourth-order valence-electron chi connectivity index (χ4n) is 2.99. The highest BCUT2D eigenvalue weighted by Gasteiger charge is 2.16. The van der Waals surface area contributed by atoms with Gasteiger partial charge < -0.3 is 4.57 Å². The maximum Gasteiger partial charge on any atom is 0.197 e. The van der Waals surface area contributed by atoms with E-state index in [1.165, 1.54) is 16.5 Å². The lowest BCUT2D eigenvalue weighted by atomic mass is 9.98. The lowest BCUT2D eigenvalue weighted by molar-refractivity contribution is 0.649. The average Bonchev–Trinajstić information content (AvgIpc) is 2.98. The van der Waals surface area contributed by atoms with Crippen molar-refractivity contribution >= 4 is 38.1 Å². The quantitative estimate of drug-likeness (QED) is 0.536. The third-order valence-corrected chi connectivity index (χ3v) is 4.60. The highest BCUT2D eigenvalue weighted by molar-refractivity contribution is 9.10. The third kappa shape index (κ3) is 2.30. The van der Waals surface area contributed by atoms with Crippen LogP contribution in [-0.2, 0) is 0 Å². The highest BCUT2D eigenvalue weighted by Crippen LogP contribution is 2.28. The highest BCUT2D eigenvalue weighted by atomic mass is 79.9. The van der Waals surface area contributed by atoms with Crippen LogP contribution in [0.3, 0.4) is 0 Å². The first kappa shape index (κ1) is 14.3. The number of pyridine rings is 1. The van der Waals surface area contributed by atoms with Crippen molar-refractivity contribution in [2.24, 2.45) is 0 Å². The van der Waals surface area contributed by atoms with E-state index in [4.69, 9.17) is 0 Å². The Hall–Kier alpha value is -2.34. The zero-order valence-electron chi connectivity index (χ0n) is 12.7. The van der Waals surface area contributed by atoms with Crippen molar-refractivity contribution in [3.63, 3.8) is 0 Å². The molecule has 0 saturated carbocycles. The maximum atomic E-state index is 4.52. The lowest BCUT2D eigenvalue weighted by Gasteiger charge is -2.18. The van der Waals surface area contributed by atoms with Gasteiger partial charge in [0.1, 0.15) is 4.60 Å². The van der Waals surface area contributed by atoms with E-state index in [0.717, 1.165) is 11.2 Å². The van der Waals surface area contributed by atoms with Crippen LogP contribution in [0.1, 0.15) is 24.1 Å². The molecule has 1 atom stereocenters. The Labute approximate surface area is 141 Å². The molecule has 0 bridgehead atoms. The molecule has 3 heterocycles. The van der Waals surface area contributed by atoms with Gasteiger partial charge in [-0.2, -0.15) is 0 Å². The topological polar surface area (TPSA) is 56.5 Å². The zero-order valence-corrected chi connectivity index (χ0v) is 14.3. The molecule has 0 aliphatic rings. The van der Waals surface area contributed by atoms with Crippen LogP contribution in [0.15, 0.2) is 47.6 Å². The van der Waals surface area contributed by atoms with E-state index in [1.54, 1.807) is 12.5 Å². The van der Waals surface area contributed by atoms with Gasteiger partial charge in [-0.25, -0.2) is 15.0 Å². The number of imidazole rings is 1. The van der Waals surface area contributed by atoms with Crippen molar-refractivity contribution in [1.29, 1.82) is 0 Å². The number of nitrogens with zero attached hydrogens (tertiary/aromatic N) is 5. The van der Waals surface area contributed by atoms with Gasteiger partial charge >= 0.3 is 0 Å². The van der Waals surface area contributed by atoms with Crippen LogP contribution in [0, 0.1) is 6.92 Å². The molecule has 1 unspecified atom stereocenters. The van der Waals surface area contributed by atoms with E-state index in [1.807, 2.05) is 12.3 Å². The van der Waals surface area contributed by atoms with Crippen molar-refractivity contribution in [2.75, 3.05) is 0 Å². The first-order valence-corrected chi connectivity index (χ1v) is 8.14. The summed E-state index contributed by atoms with van der Waals surface area (Å²) in [5.74, 6) is 0. The van der Waals surface area contributed by atoms with Gasteiger partial charge in [0.25, 0.3) is 0 Å². The molecular weight excluding hydrogens is 354 g/mol. The summed E-state index contributed by atoms with van der Waals surface area (Å²) in [7, 11) is 0. The monoisotopic (exact) mass is 367 g/mol. The van der Waals surface area contributed by atoms with Crippen molar-refractivity contribution in [3.05, 3.63) is 58.7 Å². The first-order chi connectivity index (χ1) is 11.1. The lowest BCUT2D eigenvalue weighted by Crippen LogP contribution is -2.08. The normalized spacial score (nSPS) is 12.8. The van der Waals surface area contributed by atoms with Crippen molar-refractivity contribution < 1.29 is 0 Å². The number of halogens is 1. The second-order valence-electron chi connectivity index (χ2n) is 5.52. The van der Waals surface area contributed by atoms with E-state index < -0.39 is 0 Å². The van der Waals surface area contributed by atoms with Gasteiger partial charge in [0.2, 0.25) is 0 Å². The minimum absolute atomic E-state index is 0.105. The summed E-state index contributed by atoms with van der Waals surface area (Å²) < 4.78 is 2.76. The number of aryl methyl sites for hydroxylation is 1.